The molecule has 0 N–H and O–H groups in total. The minimum absolute atomic E-state index is 0.279. The first-order valence-electron chi connectivity index (χ1n) is 5.61. The quantitative estimate of drug-likeness (QED) is 0.728. The van der Waals surface area contributed by atoms with Crippen LogP contribution in [0.5, 0.6) is 5.75 Å². The van der Waals surface area contributed by atoms with Gasteiger partial charge >= 0.3 is 0 Å². The number of hydrogen-bond acceptors (Lipinski definition) is 2. The fourth-order valence-corrected chi connectivity index (χ4v) is 2.19. The highest BCUT2D eigenvalue weighted by Gasteiger charge is 2.14. The maximum Gasteiger partial charge on any atom is 0.124 e. The molecule has 1 aromatic carbocycles. The highest BCUT2D eigenvalue weighted by Crippen LogP contribution is 2.32. The lowest BCUT2D eigenvalue weighted by Gasteiger charge is -2.18. The van der Waals surface area contributed by atoms with Crippen molar-refractivity contribution >= 4 is 6.29 Å². The van der Waals surface area contributed by atoms with Gasteiger partial charge in [0.25, 0.3) is 0 Å². The van der Waals surface area contributed by atoms with Crippen LogP contribution < -0.4 is 4.74 Å². The minimum Gasteiger partial charge on any atom is -0.496 e. The van der Waals surface area contributed by atoms with E-state index in [-0.39, 0.29) is 5.92 Å². The van der Waals surface area contributed by atoms with Crippen molar-refractivity contribution in [3.8, 4) is 5.75 Å². The van der Waals surface area contributed by atoms with Crippen molar-refractivity contribution in [2.75, 3.05) is 7.11 Å². The first kappa shape index (κ1) is 12.8. The number of carbonyl (C=O) groups excluding carboxylic acids is 1. The van der Waals surface area contributed by atoms with Crippen molar-refractivity contribution in [2.45, 2.75) is 40.0 Å². The third kappa shape index (κ3) is 2.26. The van der Waals surface area contributed by atoms with E-state index >= 15 is 0 Å². The molecule has 16 heavy (non-hydrogen) atoms. The second-order valence-electron chi connectivity index (χ2n) is 4.37. The second kappa shape index (κ2) is 5.15. The number of carbonyl (C=O) groups is 1. The van der Waals surface area contributed by atoms with E-state index in [1.807, 2.05) is 6.92 Å². The Kier molecular flexibility index (Phi) is 4.11. The molecule has 0 saturated heterocycles. The van der Waals surface area contributed by atoms with Crippen LogP contribution in [0.3, 0.4) is 0 Å². The van der Waals surface area contributed by atoms with Crippen LogP contribution in [-0.2, 0) is 4.79 Å². The van der Waals surface area contributed by atoms with Gasteiger partial charge in [0.05, 0.1) is 7.11 Å². The Balaban J connectivity index is 3.27. The lowest BCUT2D eigenvalue weighted by atomic mass is 9.89. The molecular formula is C14H20O2. The molecule has 1 aromatic rings. The lowest BCUT2D eigenvalue weighted by Crippen LogP contribution is -2.03. The van der Waals surface area contributed by atoms with Gasteiger partial charge in [-0.2, -0.15) is 0 Å². The largest absolute Gasteiger partial charge is 0.496 e. The van der Waals surface area contributed by atoms with Crippen molar-refractivity contribution < 1.29 is 9.53 Å². The van der Waals surface area contributed by atoms with Crippen molar-refractivity contribution in [1.82, 2.24) is 0 Å². The van der Waals surface area contributed by atoms with Crippen molar-refractivity contribution in [3.63, 3.8) is 0 Å². The zero-order chi connectivity index (χ0) is 12.3. The molecule has 0 heterocycles. The van der Waals surface area contributed by atoms with Crippen molar-refractivity contribution in [2.24, 2.45) is 0 Å². The summed E-state index contributed by atoms with van der Waals surface area (Å²) in [5, 5.41) is 0. The molecule has 0 saturated carbocycles. The Bertz CT molecular complexity index is 394. The summed E-state index contributed by atoms with van der Waals surface area (Å²) in [6.07, 6.45) is 1.56. The second-order valence-corrected chi connectivity index (χ2v) is 4.37. The third-order valence-electron chi connectivity index (χ3n) is 3.25. The van der Waals surface area contributed by atoms with Crippen LogP contribution in [-0.4, -0.2) is 13.4 Å². The number of benzene rings is 1. The minimum atomic E-state index is 0.279. The van der Waals surface area contributed by atoms with Gasteiger partial charge in [0.15, 0.2) is 0 Å². The van der Waals surface area contributed by atoms with Crippen LogP contribution in [0, 0.1) is 20.8 Å². The zero-order valence-corrected chi connectivity index (χ0v) is 10.8. The van der Waals surface area contributed by atoms with Gasteiger partial charge in [-0.25, -0.2) is 0 Å². The van der Waals surface area contributed by atoms with Gasteiger partial charge in [0, 0.05) is 6.42 Å². The summed E-state index contributed by atoms with van der Waals surface area (Å²) in [7, 11) is 1.70. The van der Waals surface area contributed by atoms with Gasteiger partial charge in [-0.1, -0.05) is 13.0 Å². The number of aldehydes is 1. The molecule has 1 unspecified atom stereocenters. The van der Waals surface area contributed by atoms with Gasteiger partial charge < -0.3 is 9.53 Å². The standard InChI is InChI=1S/C14H20O2/c1-9(6-7-15)13-8-10(2)14(16-5)12(4)11(13)3/h7-9H,6H2,1-5H3. The Labute approximate surface area is 97.6 Å². The Hall–Kier alpha value is -1.31. The molecule has 0 fully saturated rings. The lowest BCUT2D eigenvalue weighted by molar-refractivity contribution is -0.108. The monoisotopic (exact) mass is 220 g/mol. The first-order valence-corrected chi connectivity index (χ1v) is 5.61. The van der Waals surface area contributed by atoms with E-state index in [0.29, 0.717) is 6.42 Å². The molecule has 2 heteroatoms. The van der Waals surface area contributed by atoms with Gasteiger partial charge in [-0.05, 0) is 48.9 Å². The molecule has 1 rings (SSSR count). The van der Waals surface area contributed by atoms with Gasteiger partial charge in [0.1, 0.15) is 12.0 Å². The number of rotatable bonds is 4. The summed E-state index contributed by atoms with van der Waals surface area (Å²) < 4.78 is 5.38. The van der Waals surface area contributed by atoms with Crippen LogP contribution in [0.25, 0.3) is 0 Å². The molecule has 0 aliphatic heterocycles. The maximum absolute atomic E-state index is 10.6. The van der Waals surface area contributed by atoms with Crippen LogP contribution >= 0.6 is 0 Å². The van der Waals surface area contributed by atoms with Crippen molar-refractivity contribution in [1.29, 1.82) is 0 Å². The van der Waals surface area contributed by atoms with Crippen LogP contribution in [0.2, 0.25) is 0 Å². The zero-order valence-electron chi connectivity index (χ0n) is 10.8. The number of methoxy groups -OCH3 is 1. The molecule has 2 nitrogen and oxygen atoms in total. The highest BCUT2D eigenvalue weighted by molar-refractivity contribution is 5.55. The average Bonchev–Trinajstić information content (AvgIpc) is 2.24. The Morgan fingerprint density at radius 3 is 2.44 bits per heavy atom. The van der Waals surface area contributed by atoms with Gasteiger partial charge in [0.2, 0.25) is 0 Å². The van der Waals surface area contributed by atoms with E-state index in [0.717, 1.165) is 17.6 Å². The third-order valence-corrected chi connectivity index (χ3v) is 3.25. The molecule has 0 aliphatic carbocycles. The maximum atomic E-state index is 10.6. The predicted octanol–water partition coefficient (Wildman–Crippen LogP) is 3.31. The molecule has 0 radical (unpaired) electrons. The molecule has 1 atom stereocenters. The summed E-state index contributed by atoms with van der Waals surface area (Å²) in [6, 6.07) is 2.13. The summed E-state index contributed by atoms with van der Waals surface area (Å²) in [6.45, 7) is 8.29. The van der Waals surface area contributed by atoms with E-state index in [1.54, 1.807) is 7.11 Å². The smallest absolute Gasteiger partial charge is 0.124 e. The fraction of sp³-hybridized carbons (Fsp3) is 0.500. The van der Waals surface area contributed by atoms with Crippen LogP contribution in [0.4, 0.5) is 0 Å². The topological polar surface area (TPSA) is 26.3 Å². The van der Waals surface area contributed by atoms with Crippen LogP contribution in [0.15, 0.2) is 6.07 Å². The Morgan fingerprint density at radius 1 is 1.31 bits per heavy atom. The van der Waals surface area contributed by atoms with E-state index in [1.165, 1.54) is 16.7 Å². The highest BCUT2D eigenvalue weighted by atomic mass is 16.5. The molecule has 0 aliphatic rings. The van der Waals surface area contributed by atoms with Gasteiger partial charge in [-0.15, -0.1) is 0 Å². The summed E-state index contributed by atoms with van der Waals surface area (Å²) >= 11 is 0. The SMILES string of the molecule is COc1c(C)cc(C(C)CC=O)c(C)c1C. The van der Waals surface area contributed by atoms with E-state index in [4.69, 9.17) is 4.74 Å². The number of hydrogen-bond donors (Lipinski definition) is 0. The summed E-state index contributed by atoms with van der Waals surface area (Å²) in [5.74, 6) is 1.24. The molecule has 0 aromatic heterocycles. The molecule has 0 spiro atoms. The fourth-order valence-electron chi connectivity index (χ4n) is 2.19. The summed E-state index contributed by atoms with van der Waals surface area (Å²) in [5.41, 5.74) is 4.80. The van der Waals surface area contributed by atoms with Gasteiger partial charge in [-0.3, -0.25) is 0 Å². The normalized spacial score (nSPS) is 12.3. The van der Waals surface area contributed by atoms with E-state index in [9.17, 15) is 4.79 Å². The molecular weight excluding hydrogens is 200 g/mol. The Morgan fingerprint density at radius 2 is 1.94 bits per heavy atom. The predicted molar refractivity (Wildman–Crippen MR) is 66.3 cm³/mol. The van der Waals surface area contributed by atoms with Crippen molar-refractivity contribution in [3.05, 3.63) is 28.3 Å². The number of aryl methyl sites for hydroxylation is 1. The molecule has 0 bridgehead atoms. The average molecular weight is 220 g/mol. The van der Waals surface area contributed by atoms with Crippen LogP contribution in [0.1, 0.15) is 41.5 Å². The van der Waals surface area contributed by atoms with E-state index in [2.05, 4.69) is 26.8 Å². The number of ether oxygens (including phenoxy) is 1. The summed E-state index contributed by atoms with van der Waals surface area (Å²) in [4.78, 5) is 10.6. The first-order chi connectivity index (χ1) is 7.52. The van der Waals surface area contributed by atoms with E-state index < -0.39 is 0 Å². The molecule has 0 amide bonds. The molecule has 88 valence electrons.